The molecule has 2 N–H and O–H groups in total. The normalized spacial score (nSPS) is 11.5. The predicted molar refractivity (Wildman–Crippen MR) is 94.1 cm³/mol. The second-order valence-corrected chi connectivity index (χ2v) is 5.94. The Hall–Kier alpha value is -2.61. The Morgan fingerprint density at radius 2 is 1.92 bits per heavy atom. The number of nitrogens with zero attached hydrogens (tertiary/aromatic N) is 1. The molecule has 1 heterocycles. The fourth-order valence-corrected chi connectivity index (χ4v) is 2.59. The van der Waals surface area contributed by atoms with E-state index >= 15 is 0 Å². The molecule has 0 unspecified atom stereocenters. The first-order valence-corrected chi connectivity index (χ1v) is 8.10. The summed E-state index contributed by atoms with van der Waals surface area (Å²) in [7, 11) is 3.02. The average Bonchev–Trinajstić information content (AvgIpc) is 2.60. The van der Waals surface area contributed by atoms with Crippen LogP contribution in [0.2, 0.25) is 0 Å². The molecule has 0 radical (unpaired) electrons. The van der Waals surface area contributed by atoms with Crippen molar-refractivity contribution in [1.29, 1.82) is 0 Å². The van der Waals surface area contributed by atoms with Gasteiger partial charge in [0.05, 0.1) is 14.2 Å². The van der Waals surface area contributed by atoms with Crippen molar-refractivity contribution in [2.24, 2.45) is 0 Å². The number of pyridine rings is 1. The number of carboxylic acids is 1. The Morgan fingerprint density at radius 3 is 2.52 bits per heavy atom. The largest absolute Gasteiger partial charge is 0.493 e. The summed E-state index contributed by atoms with van der Waals surface area (Å²) >= 11 is 3.18. The van der Waals surface area contributed by atoms with Gasteiger partial charge in [-0.15, -0.1) is 0 Å². The first kappa shape index (κ1) is 18.7. The quantitative estimate of drug-likeness (QED) is 0.682. The number of methoxy groups -OCH3 is 2. The second-order valence-electron chi connectivity index (χ2n) is 5.12. The van der Waals surface area contributed by atoms with Gasteiger partial charge in [0.15, 0.2) is 11.5 Å². The monoisotopic (exact) mass is 408 g/mol. The van der Waals surface area contributed by atoms with Crippen LogP contribution in [0.5, 0.6) is 11.5 Å². The summed E-state index contributed by atoms with van der Waals surface area (Å²) in [6.07, 6.45) is 1.57. The molecule has 132 valence electrons. The maximum atomic E-state index is 12.3. The fourth-order valence-electron chi connectivity index (χ4n) is 2.23. The Kier molecular flexibility index (Phi) is 6.35. The third-order valence-electron chi connectivity index (χ3n) is 3.48. The van der Waals surface area contributed by atoms with Gasteiger partial charge in [0.2, 0.25) is 0 Å². The van der Waals surface area contributed by atoms with Gasteiger partial charge >= 0.3 is 5.97 Å². The molecule has 2 aromatic rings. The van der Waals surface area contributed by atoms with E-state index in [4.69, 9.17) is 9.47 Å². The van der Waals surface area contributed by atoms with Crippen LogP contribution in [0.3, 0.4) is 0 Å². The van der Waals surface area contributed by atoms with Crippen molar-refractivity contribution in [3.05, 3.63) is 52.3 Å². The molecule has 0 bridgehead atoms. The summed E-state index contributed by atoms with van der Waals surface area (Å²) < 4.78 is 10.9. The van der Waals surface area contributed by atoms with Crippen molar-refractivity contribution < 1.29 is 24.2 Å². The van der Waals surface area contributed by atoms with E-state index in [1.54, 1.807) is 18.2 Å². The molecule has 0 fully saturated rings. The summed E-state index contributed by atoms with van der Waals surface area (Å²) in [6, 6.07) is 7.04. The number of aliphatic carboxylic acids is 1. The number of carbonyl (C=O) groups excluding carboxylic acids is 1. The summed E-state index contributed by atoms with van der Waals surface area (Å²) in [5.74, 6) is -0.579. The molecule has 0 spiro atoms. The number of hydrogen-bond donors (Lipinski definition) is 2. The fraction of sp³-hybridized carbons (Fsp3) is 0.235. The van der Waals surface area contributed by atoms with Crippen molar-refractivity contribution >= 4 is 27.8 Å². The Bertz CT molecular complexity index is 781. The molecular formula is C17H17BrN2O5. The molecule has 1 aromatic heterocycles. The highest BCUT2D eigenvalue weighted by Crippen LogP contribution is 2.28. The number of carboxylic acid groups (broad SMARTS) is 1. The highest BCUT2D eigenvalue weighted by atomic mass is 79.9. The molecule has 0 aliphatic carbocycles. The van der Waals surface area contributed by atoms with E-state index < -0.39 is 17.9 Å². The minimum atomic E-state index is -1.13. The van der Waals surface area contributed by atoms with E-state index in [1.807, 2.05) is 0 Å². The average molecular weight is 409 g/mol. The van der Waals surface area contributed by atoms with Gasteiger partial charge in [0, 0.05) is 18.2 Å². The molecule has 0 saturated carbocycles. The molecular weight excluding hydrogens is 392 g/mol. The minimum absolute atomic E-state index is 0.105. The lowest BCUT2D eigenvalue weighted by molar-refractivity contribution is -0.139. The third-order valence-corrected chi connectivity index (χ3v) is 3.91. The number of hydrogen-bond acceptors (Lipinski definition) is 5. The zero-order chi connectivity index (χ0) is 18.4. The van der Waals surface area contributed by atoms with Crippen LogP contribution >= 0.6 is 15.9 Å². The van der Waals surface area contributed by atoms with Crippen molar-refractivity contribution in [3.8, 4) is 11.5 Å². The first-order valence-electron chi connectivity index (χ1n) is 7.30. The van der Waals surface area contributed by atoms with Gasteiger partial charge in [0.1, 0.15) is 10.6 Å². The number of ether oxygens (including phenoxy) is 2. The maximum Gasteiger partial charge on any atom is 0.326 e. The molecule has 0 saturated heterocycles. The number of nitrogens with one attached hydrogen (secondary N) is 1. The molecule has 7 nitrogen and oxygen atoms in total. The summed E-state index contributed by atoms with van der Waals surface area (Å²) in [4.78, 5) is 27.7. The van der Waals surface area contributed by atoms with Crippen LogP contribution < -0.4 is 14.8 Å². The van der Waals surface area contributed by atoms with Gasteiger partial charge in [-0.25, -0.2) is 9.78 Å². The van der Waals surface area contributed by atoms with Gasteiger partial charge in [-0.2, -0.15) is 0 Å². The standard InChI is InChI=1S/C17H17BrN2O5/c1-24-13-4-3-10(8-14(13)25-2)7-12(17(22)23)20-16(21)11-5-6-19-15(18)9-11/h3-6,8-9,12H,7H2,1-2H3,(H,20,21)(H,22,23)/t12-/m0/s1. The molecule has 8 heteroatoms. The predicted octanol–water partition coefficient (Wildman–Crippen LogP) is 2.29. The molecule has 1 aromatic carbocycles. The van der Waals surface area contributed by atoms with Crippen molar-refractivity contribution in [1.82, 2.24) is 10.3 Å². The van der Waals surface area contributed by atoms with E-state index in [0.717, 1.165) is 0 Å². The van der Waals surface area contributed by atoms with Crippen LogP contribution in [-0.4, -0.2) is 42.2 Å². The van der Waals surface area contributed by atoms with Gasteiger partial charge in [-0.1, -0.05) is 6.07 Å². The Balaban J connectivity index is 2.16. The maximum absolute atomic E-state index is 12.3. The van der Waals surface area contributed by atoms with E-state index in [9.17, 15) is 14.7 Å². The van der Waals surface area contributed by atoms with Crippen molar-refractivity contribution in [2.45, 2.75) is 12.5 Å². The lowest BCUT2D eigenvalue weighted by Gasteiger charge is -2.16. The second kappa shape index (κ2) is 8.48. The summed E-state index contributed by atoms with van der Waals surface area (Å²) in [5.41, 5.74) is 1.02. The molecule has 1 amide bonds. The van der Waals surface area contributed by atoms with E-state index in [1.165, 1.54) is 32.5 Å². The van der Waals surface area contributed by atoms with Crippen LogP contribution in [0.4, 0.5) is 0 Å². The SMILES string of the molecule is COc1ccc(C[C@H](NC(=O)c2ccnc(Br)c2)C(=O)O)cc1OC. The van der Waals surface area contributed by atoms with Crippen molar-refractivity contribution in [2.75, 3.05) is 14.2 Å². The summed E-state index contributed by atoms with van der Waals surface area (Å²) in [5, 5.41) is 11.9. The lowest BCUT2D eigenvalue weighted by atomic mass is 10.0. The number of carbonyl (C=O) groups is 2. The molecule has 25 heavy (non-hydrogen) atoms. The van der Waals surface area contributed by atoms with Crippen LogP contribution in [-0.2, 0) is 11.2 Å². The van der Waals surface area contributed by atoms with E-state index in [0.29, 0.717) is 27.2 Å². The number of aromatic nitrogens is 1. The zero-order valence-electron chi connectivity index (χ0n) is 13.7. The highest BCUT2D eigenvalue weighted by molar-refractivity contribution is 9.10. The number of benzene rings is 1. The number of halogens is 1. The van der Waals surface area contributed by atoms with E-state index in [-0.39, 0.29) is 6.42 Å². The van der Waals surface area contributed by atoms with Crippen molar-refractivity contribution in [3.63, 3.8) is 0 Å². The van der Waals surface area contributed by atoms with Crippen LogP contribution in [0.1, 0.15) is 15.9 Å². The van der Waals surface area contributed by atoms with Gasteiger partial charge < -0.3 is 19.9 Å². The number of rotatable bonds is 7. The Labute approximate surface area is 153 Å². The third kappa shape index (κ3) is 4.93. The minimum Gasteiger partial charge on any atom is -0.493 e. The topological polar surface area (TPSA) is 97.8 Å². The lowest BCUT2D eigenvalue weighted by Crippen LogP contribution is -2.42. The molecule has 2 rings (SSSR count). The van der Waals surface area contributed by atoms with E-state index in [2.05, 4.69) is 26.2 Å². The van der Waals surface area contributed by atoms with Crippen LogP contribution in [0.15, 0.2) is 41.1 Å². The van der Waals surface area contributed by atoms with Crippen LogP contribution in [0, 0.1) is 0 Å². The van der Waals surface area contributed by atoms with Gasteiger partial charge in [-0.3, -0.25) is 4.79 Å². The molecule has 1 atom stereocenters. The smallest absolute Gasteiger partial charge is 0.326 e. The molecule has 0 aliphatic heterocycles. The Morgan fingerprint density at radius 1 is 1.20 bits per heavy atom. The van der Waals surface area contributed by atoms with Gasteiger partial charge in [0.25, 0.3) is 5.91 Å². The zero-order valence-corrected chi connectivity index (χ0v) is 15.2. The number of amides is 1. The highest BCUT2D eigenvalue weighted by Gasteiger charge is 2.22. The first-order chi connectivity index (χ1) is 11.9. The summed E-state index contributed by atoms with van der Waals surface area (Å²) in [6.45, 7) is 0. The molecule has 0 aliphatic rings. The van der Waals surface area contributed by atoms with Crippen LogP contribution in [0.25, 0.3) is 0 Å². The van der Waals surface area contributed by atoms with Gasteiger partial charge in [-0.05, 0) is 45.8 Å².